The predicted molar refractivity (Wildman–Crippen MR) is 82.7 cm³/mol. The largest absolute Gasteiger partial charge is 0.392 e. The van der Waals surface area contributed by atoms with Gasteiger partial charge in [-0.05, 0) is 29.7 Å². The minimum atomic E-state index is -0.562. The molecule has 2 aromatic rings. The van der Waals surface area contributed by atoms with E-state index in [1.165, 1.54) is 12.1 Å². The fourth-order valence-electron chi connectivity index (χ4n) is 2.35. The first kappa shape index (κ1) is 15.5. The van der Waals surface area contributed by atoms with Crippen LogP contribution in [0.5, 0.6) is 0 Å². The SMILES string of the molecule is CCC(O)C(c1ccc(Cl)cc1)c1ccc([N+](=O)[O-])cc1. The Morgan fingerprint density at radius 2 is 1.57 bits per heavy atom. The summed E-state index contributed by atoms with van der Waals surface area (Å²) in [4.78, 5) is 10.3. The number of halogens is 1. The van der Waals surface area contributed by atoms with E-state index in [9.17, 15) is 15.2 Å². The van der Waals surface area contributed by atoms with Gasteiger partial charge in [-0.25, -0.2) is 0 Å². The van der Waals surface area contributed by atoms with Gasteiger partial charge in [-0.15, -0.1) is 0 Å². The summed E-state index contributed by atoms with van der Waals surface area (Å²) in [5, 5.41) is 21.7. The Morgan fingerprint density at radius 1 is 1.10 bits per heavy atom. The third-order valence-electron chi connectivity index (χ3n) is 3.50. The molecule has 0 radical (unpaired) electrons. The summed E-state index contributed by atoms with van der Waals surface area (Å²) in [6.45, 7) is 1.90. The van der Waals surface area contributed by atoms with E-state index >= 15 is 0 Å². The van der Waals surface area contributed by atoms with Gasteiger partial charge in [0.1, 0.15) is 0 Å². The standard InChI is InChI=1S/C16H16ClNO3/c1-2-15(19)16(11-3-7-13(17)8-4-11)12-5-9-14(10-6-12)18(20)21/h3-10,15-16,19H,2H2,1H3. The van der Waals surface area contributed by atoms with Crippen molar-refractivity contribution in [1.82, 2.24) is 0 Å². The van der Waals surface area contributed by atoms with Crippen LogP contribution in [0.25, 0.3) is 0 Å². The third-order valence-corrected chi connectivity index (χ3v) is 3.75. The van der Waals surface area contributed by atoms with Gasteiger partial charge in [0.2, 0.25) is 0 Å². The maximum Gasteiger partial charge on any atom is 0.269 e. The lowest BCUT2D eigenvalue weighted by Crippen LogP contribution is -2.18. The van der Waals surface area contributed by atoms with E-state index in [4.69, 9.17) is 11.6 Å². The van der Waals surface area contributed by atoms with Crippen molar-refractivity contribution in [2.45, 2.75) is 25.4 Å². The number of rotatable bonds is 5. The van der Waals surface area contributed by atoms with Crippen LogP contribution in [-0.2, 0) is 0 Å². The van der Waals surface area contributed by atoms with Crippen molar-refractivity contribution in [2.24, 2.45) is 0 Å². The molecule has 2 atom stereocenters. The third kappa shape index (κ3) is 3.60. The summed E-state index contributed by atoms with van der Waals surface area (Å²) >= 11 is 5.89. The lowest BCUT2D eigenvalue weighted by atomic mass is 9.85. The summed E-state index contributed by atoms with van der Waals surface area (Å²) in [7, 11) is 0. The molecule has 1 N–H and O–H groups in total. The molecule has 0 saturated heterocycles. The smallest absolute Gasteiger partial charge is 0.269 e. The highest BCUT2D eigenvalue weighted by Gasteiger charge is 2.22. The van der Waals surface area contributed by atoms with Gasteiger partial charge in [-0.2, -0.15) is 0 Å². The first-order valence-corrected chi connectivity index (χ1v) is 7.08. The Hall–Kier alpha value is -1.91. The monoisotopic (exact) mass is 305 g/mol. The average Bonchev–Trinajstić information content (AvgIpc) is 2.49. The summed E-state index contributed by atoms with van der Waals surface area (Å²) in [5.41, 5.74) is 1.82. The molecule has 0 spiro atoms. The molecule has 110 valence electrons. The van der Waals surface area contributed by atoms with Crippen molar-refractivity contribution >= 4 is 17.3 Å². The number of aliphatic hydroxyl groups excluding tert-OH is 1. The number of benzene rings is 2. The van der Waals surface area contributed by atoms with Crippen molar-refractivity contribution in [3.8, 4) is 0 Å². The van der Waals surface area contributed by atoms with Gasteiger partial charge < -0.3 is 5.11 Å². The molecule has 0 bridgehead atoms. The normalized spacial score (nSPS) is 13.7. The highest BCUT2D eigenvalue weighted by atomic mass is 35.5. The van der Waals surface area contributed by atoms with Crippen LogP contribution in [0.1, 0.15) is 30.4 Å². The zero-order valence-corrected chi connectivity index (χ0v) is 12.3. The molecule has 2 rings (SSSR count). The maximum atomic E-state index is 10.7. The Morgan fingerprint density at radius 3 is 2.00 bits per heavy atom. The van der Waals surface area contributed by atoms with Crippen LogP contribution in [-0.4, -0.2) is 16.1 Å². The molecule has 0 aliphatic carbocycles. The van der Waals surface area contributed by atoms with Crippen molar-refractivity contribution in [3.63, 3.8) is 0 Å². The maximum absolute atomic E-state index is 10.7. The molecule has 0 amide bonds. The Bertz CT molecular complexity index is 610. The molecule has 0 fully saturated rings. The van der Waals surface area contributed by atoms with Gasteiger partial charge in [0.25, 0.3) is 5.69 Å². The average molecular weight is 306 g/mol. The molecule has 2 aromatic carbocycles. The number of non-ortho nitro benzene ring substituents is 1. The molecule has 21 heavy (non-hydrogen) atoms. The number of nitro benzene ring substituents is 1. The van der Waals surface area contributed by atoms with Crippen LogP contribution in [0.4, 0.5) is 5.69 Å². The molecular weight excluding hydrogens is 290 g/mol. The Labute approximate surface area is 128 Å². The van der Waals surface area contributed by atoms with Gasteiger partial charge in [0.15, 0.2) is 0 Å². The van der Waals surface area contributed by atoms with E-state index in [0.717, 1.165) is 11.1 Å². The number of nitro groups is 1. The topological polar surface area (TPSA) is 63.4 Å². The highest BCUT2D eigenvalue weighted by Crippen LogP contribution is 2.31. The molecule has 0 heterocycles. The molecule has 0 aromatic heterocycles. The lowest BCUT2D eigenvalue weighted by molar-refractivity contribution is -0.384. The van der Waals surface area contributed by atoms with E-state index < -0.39 is 11.0 Å². The number of hydrogen-bond donors (Lipinski definition) is 1. The van der Waals surface area contributed by atoms with Crippen molar-refractivity contribution in [2.75, 3.05) is 0 Å². The molecule has 0 saturated carbocycles. The predicted octanol–water partition coefficient (Wildman–Crippen LogP) is 4.15. The van der Waals surface area contributed by atoms with Crippen LogP contribution in [0.3, 0.4) is 0 Å². The van der Waals surface area contributed by atoms with Gasteiger partial charge in [-0.3, -0.25) is 10.1 Å². The molecule has 5 heteroatoms. The second-order valence-corrected chi connectivity index (χ2v) is 5.29. The van der Waals surface area contributed by atoms with Crippen molar-refractivity contribution < 1.29 is 10.0 Å². The van der Waals surface area contributed by atoms with E-state index in [1.807, 2.05) is 19.1 Å². The first-order valence-electron chi connectivity index (χ1n) is 6.70. The van der Waals surface area contributed by atoms with Crippen molar-refractivity contribution in [1.29, 1.82) is 0 Å². The lowest BCUT2D eigenvalue weighted by Gasteiger charge is -2.23. The van der Waals surface area contributed by atoms with Gasteiger partial charge in [-0.1, -0.05) is 42.8 Å². The van der Waals surface area contributed by atoms with Crippen LogP contribution >= 0.6 is 11.6 Å². The highest BCUT2D eigenvalue weighted by molar-refractivity contribution is 6.30. The summed E-state index contributed by atoms with van der Waals surface area (Å²) in [6.07, 6.45) is 0.0252. The van der Waals surface area contributed by atoms with Crippen molar-refractivity contribution in [3.05, 3.63) is 74.8 Å². The second-order valence-electron chi connectivity index (χ2n) is 4.85. The number of aliphatic hydroxyl groups is 1. The first-order chi connectivity index (χ1) is 10.0. The fourth-order valence-corrected chi connectivity index (χ4v) is 2.47. The van der Waals surface area contributed by atoms with Gasteiger partial charge in [0.05, 0.1) is 11.0 Å². The number of nitrogens with zero attached hydrogens (tertiary/aromatic N) is 1. The summed E-state index contributed by atoms with van der Waals surface area (Å²) in [5.74, 6) is -0.229. The van der Waals surface area contributed by atoms with Crippen LogP contribution in [0.15, 0.2) is 48.5 Å². The van der Waals surface area contributed by atoms with Crippen LogP contribution in [0.2, 0.25) is 5.02 Å². The number of hydrogen-bond acceptors (Lipinski definition) is 3. The molecule has 4 nitrogen and oxygen atoms in total. The van der Waals surface area contributed by atoms with E-state index in [0.29, 0.717) is 11.4 Å². The zero-order valence-electron chi connectivity index (χ0n) is 11.6. The minimum absolute atomic E-state index is 0.0413. The van der Waals surface area contributed by atoms with Crippen LogP contribution in [0, 0.1) is 10.1 Å². The Kier molecular flexibility index (Phi) is 4.94. The van der Waals surface area contributed by atoms with E-state index in [-0.39, 0.29) is 11.6 Å². The zero-order chi connectivity index (χ0) is 15.4. The summed E-state index contributed by atoms with van der Waals surface area (Å²) < 4.78 is 0. The second kappa shape index (κ2) is 6.70. The molecule has 0 aliphatic rings. The van der Waals surface area contributed by atoms with Crippen LogP contribution < -0.4 is 0 Å². The van der Waals surface area contributed by atoms with Gasteiger partial charge >= 0.3 is 0 Å². The Balaban J connectivity index is 2.40. The summed E-state index contributed by atoms with van der Waals surface area (Å²) in [6, 6.07) is 13.6. The fraction of sp³-hybridized carbons (Fsp3) is 0.250. The minimum Gasteiger partial charge on any atom is -0.392 e. The molecule has 0 aliphatic heterocycles. The molecular formula is C16H16ClNO3. The van der Waals surface area contributed by atoms with Gasteiger partial charge in [0, 0.05) is 23.1 Å². The van der Waals surface area contributed by atoms with E-state index in [2.05, 4.69) is 0 Å². The quantitative estimate of drug-likeness (QED) is 0.666. The van der Waals surface area contributed by atoms with E-state index in [1.54, 1.807) is 24.3 Å². The molecule has 2 unspecified atom stereocenters.